The van der Waals surface area contributed by atoms with Crippen molar-refractivity contribution in [1.29, 1.82) is 0 Å². The summed E-state index contributed by atoms with van der Waals surface area (Å²) in [5.41, 5.74) is 4.86. The topological polar surface area (TPSA) is 42.9 Å². The SMILES string of the molecule is Cc1cnc(C(=O)Cc2ccc3c(c2)CCC3)nc1. The zero-order chi connectivity index (χ0) is 13.2. The number of aryl methyl sites for hydroxylation is 3. The second-order valence-corrected chi connectivity index (χ2v) is 5.14. The van der Waals surface area contributed by atoms with Gasteiger partial charge in [0.15, 0.2) is 5.82 Å². The van der Waals surface area contributed by atoms with E-state index in [2.05, 4.69) is 28.2 Å². The largest absolute Gasteiger partial charge is 0.290 e. The normalized spacial score (nSPS) is 13.3. The number of carbonyl (C=O) groups is 1. The van der Waals surface area contributed by atoms with Crippen LogP contribution in [0.2, 0.25) is 0 Å². The molecule has 3 nitrogen and oxygen atoms in total. The quantitative estimate of drug-likeness (QED) is 0.789. The predicted molar refractivity (Wildman–Crippen MR) is 73.3 cm³/mol. The monoisotopic (exact) mass is 252 g/mol. The van der Waals surface area contributed by atoms with Crippen molar-refractivity contribution in [1.82, 2.24) is 9.97 Å². The summed E-state index contributed by atoms with van der Waals surface area (Å²) in [5, 5.41) is 0. The van der Waals surface area contributed by atoms with Crippen molar-refractivity contribution in [2.45, 2.75) is 32.6 Å². The molecule has 1 aromatic carbocycles. The van der Waals surface area contributed by atoms with E-state index in [1.165, 1.54) is 24.0 Å². The van der Waals surface area contributed by atoms with Crippen LogP contribution in [0.1, 0.15) is 39.3 Å². The molecule has 0 aliphatic heterocycles. The maximum Gasteiger partial charge on any atom is 0.204 e. The van der Waals surface area contributed by atoms with Crippen LogP contribution >= 0.6 is 0 Å². The highest BCUT2D eigenvalue weighted by Gasteiger charge is 2.14. The van der Waals surface area contributed by atoms with Crippen molar-refractivity contribution < 1.29 is 4.79 Å². The number of hydrogen-bond donors (Lipinski definition) is 0. The van der Waals surface area contributed by atoms with Crippen molar-refractivity contribution in [2.24, 2.45) is 0 Å². The second kappa shape index (κ2) is 4.92. The van der Waals surface area contributed by atoms with Gasteiger partial charge in [-0.25, -0.2) is 9.97 Å². The van der Waals surface area contributed by atoms with E-state index in [9.17, 15) is 4.79 Å². The van der Waals surface area contributed by atoms with Crippen LogP contribution in [0.5, 0.6) is 0 Å². The van der Waals surface area contributed by atoms with Crippen LogP contribution in [0, 0.1) is 6.92 Å². The minimum Gasteiger partial charge on any atom is -0.290 e. The lowest BCUT2D eigenvalue weighted by atomic mass is 10.0. The summed E-state index contributed by atoms with van der Waals surface area (Å²) in [6.07, 6.45) is 7.29. The van der Waals surface area contributed by atoms with E-state index < -0.39 is 0 Å². The van der Waals surface area contributed by atoms with Crippen molar-refractivity contribution in [3.05, 3.63) is 58.7 Å². The molecule has 1 aliphatic carbocycles. The molecule has 0 N–H and O–H groups in total. The molecule has 0 radical (unpaired) electrons. The third kappa shape index (κ3) is 2.55. The minimum absolute atomic E-state index is 0.0158. The number of fused-ring (bicyclic) bond motifs is 1. The van der Waals surface area contributed by atoms with E-state index in [1.54, 1.807) is 12.4 Å². The fourth-order valence-electron chi connectivity index (χ4n) is 2.54. The summed E-state index contributed by atoms with van der Waals surface area (Å²) in [7, 11) is 0. The van der Waals surface area contributed by atoms with Crippen molar-refractivity contribution in [3.63, 3.8) is 0 Å². The predicted octanol–water partition coefficient (Wildman–Crippen LogP) is 2.70. The first-order valence-electron chi connectivity index (χ1n) is 6.65. The Bertz CT molecular complexity index is 617. The van der Waals surface area contributed by atoms with E-state index in [-0.39, 0.29) is 5.78 Å². The lowest BCUT2D eigenvalue weighted by Gasteiger charge is -2.04. The Labute approximate surface area is 112 Å². The van der Waals surface area contributed by atoms with Gasteiger partial charge in [0, 0.05) is 18.8 Å². The van der Waals surface area contributed by atoms with Crippen molar-refractivity contribution >= 4 is 5.78 Å². The zero-order valence-electron chi connectivity index (χ0n) is 11.0. The third-order valence-electron chi connectivity index (χ3n) is 3.56. The number of carbonyl (C=O) groups excluding carboxylic acids is 1. The first kappa shape index (κ1) is 12.0. The lowest BCUT2D eigenvalue weighted by Crippen LogP contribution is -2.08. The first-order valence-corrected chi connectivity index (χ1v) is 6.65. The molecule has 0 amide bonds. The molecular formula is C16H16N2O. The summed E-state index contributed by atoms with van der Waals surface area (Å²) in [4.78, 5) is 20.3. The van der Waals surface area contributed by atoms with E-state index >= 15 is 0 Å². The molecule has 19 heavy (non-hydrogen) atoms. The Morgan fingerprint density at radius 1 is 1.16 bits per heavy atom. The number of rotatable bonds is 3. The lowest BCUT2D eigenvalue weighted by molar-refractivity contribution is 0.0983. The van der Waals surface area contributed by atoms with E-state index in [0.29, 0.717) is 12.2 Å². The van der Waals surface area contributed by atoms with Gasteiger partial charge in [-0.1, -0.05) is 18.2 Å². The third-order valence-corrected chi connectivity index (χ3v) is 3.56. The van der Waals surface area contributed by atoms with Gasteiger partial charge in [0.05, 0.1) is 0 Å². The summed E-state index contributed by atoms with van der Waals surface area (Å²) in [5.74, 6) is 0.295. The van der Waals surface area contributed by atoms with Gasteiger partial charge in [0.1, 0.15) is 0 Å². The highest BCUT2D eigenvalue weighted by atomic mass is 16.1. The first-order chi connectivity index (χ1) is 9.22. The summed E-state index contributed by atoms with van der Waals surface area (Å²) in [6.45, 7) is 1.91. The average molecular weight is 252 g/mol. The standard InChI is InChI=1S/C16H16N2O/c1-11-9-17-16(18-10-11)15(19)8-12-5-6-13-3-2-4-14(13)7-12/h5-7,9-10H,2-4,8H2,1H3. The molecule has 1 heterocycles. The highest BCUT2D eigenvalue weighted by molar-refractivity contribution is 5.94. The molecule has 0 bridgehead atoms. The molecule has 2 aromatic rings. The molecule has 0 fully saturated rings. The Hall–Kier alpha value is -2.03. The minimum atomic E-state index is -0.0158. The van der Waals surface area contributed by atoms with Gasteiger partial charge in [-0.15, -0.1) is 0 Å². The van der Waals surface area contributed by atoms with Gasteiger partial charge < -0.3 is 0 Å². The molecule has 1 aliphatic rings. The summed E-state index contributed by atoms with van der Waals surface area (Å²) in [6, 6.07) is 6.37. The van der Waals surface area contributed by atoms with Crippen LogP contribution in [0.3, 0.4) is 0 Å². The molecule has 0 atom stereocenters. The fourth-order valence-corrected chi connectivity index (χ4v) is 2.54. The van der Waals surface area contributed by atoms with Crippen LogP contribution in [0.4, 0.5) is 0 Å². The summed E-state index contributed by atoms with van der Waals surface area (Å²) < 4.78 is 0. The molecule has 0 saturated heterocycles. The van der Waals surface area contributed by atoms with Crippen molar-refractivity contribution in [2.75, 3.05) is 0 Å². The van der Waals surface area contributed by atoms with Gasteiger partial charge in [-0.2, -0.15) is 0 Å². The molecule has 0 spiro atoms. The average Bonchev–Trinajstić information content (AvgIpc) is 2.87. The molecule has 0 saturated carbocycles. The van der Waals surface area contributed by atoms with Crippen molar-refractivity contribution in [3.8, 4) is 0 Å². The Morgan fingerprint density at radius 2 is 1.89 bits per heavy atom. The van der Waals surface area contributed by atoms with Crippen LogP contribution < -0.4 is 0 Å². The van der Waals surface area contributed by atoms with Crippen LogP contribution in [0.15, 0.2) is 30.6 Å². The zero-order valence-corrected chi connectivity index (χ0v) is 11.0. The van der Waals surface area contributed by atoms with Gasteiger partial charge in [-0.05, 0) is 48.4 Å². The fraction of sp³-hybridized carbons (Fsp3) is 0.312. The molecule has 3 rings (SSSR count). The number of nitrogens with zero attached hydrogens (tertiary/aromatic N) is 2. The van der Waals surface area contributed by atoms with Crippen LogP contribution in [-0.4, -0.2) is 15.8 Å². The Kier molecular flexibility index (Phi) is 3.11. The Balaban J connectivity index is 1.77. The molecule has 0 unspecified atom stereocenters. The van der Waals surface area contributed by atoms with E-state index in [4.69, 9.17) is 0 Å². The number of ketones is 1. The summed E-state index contributed by atoms with van der Waals surface area (Å²) >= 11 is 0. The smallest absolute Gasteiger partial charge is 0.204 e. The number of Topliss-reactive ketones (excluding diaryl/α,β-unsaturated/α-hetero) is 1. The molecule has 96 valence electrons. The van der Waals surface area contributed by atoms with E-state index in [0.717, 1.165) is 17.5 Å². The number of aromatic nitrogens is 2. The van der Waals surface area contributed by atoms with Gasteiger partial charge in [0.25, 0.3) is 0 Å². The molecular weight excluding hydrogens is 236 g/mol. The van der Waals surface area contributed by atoms with Crippen LogP contribution in [-0.2, 0) is 19.3 Å². The Morgan fingerprint density at radius 3 is 2.68 bits per heavy atom. The van der Waals surface area contributed by atoms with E-state index in [1.807, 2.05) is 6.92 Å². The second-order valence-electron chi connectivity index (χ2n) is 5.14. The number of benzene rings is 1. The maximum absolute atomic E-state index is 12.1. The molecule has 3 heteroatoms. The van der Waals surface area contributed by atoms with Gasteiger partial charge >= 0.3 is 0 Å². The highest BCUT2D eigenvalue weighted by Crippen LogP contribution is 2.23. The maximum atomic E-state index is 12.1. The van der Waals surface area contributed by atoms with Gasteiger partial charge in [0.2, 0.25) is 5.78 Å². The number of hydrogen-bond acceptors (Lipinski definition) is 3. The van der Waals surface area contributed by atoms with Gasteiger partial charge in [-0.3, -0.25) is 4.79 Å². The van der Waals surface area contributed by atoms with Crippen LogP contribution in [0.25, 0.3) is 0 Å². The molecule has 1 aromatic heterocycles.